The van der Waals surface area contributed by atoms with E-state index < -0.39 is 10.2 Å². The first-order valence-corrected chi connectivity index (χ1v) is 9.73. The molecule has 3 rings (SSSR count). The van der Waals surface area contributed by atoms with E-state index in [4.69, 9.17) is 10.5 Å². The standard InChI is InChI=1S/C18H23N3O3S/c1-14-11-15(19)13-16(12-14)20-25(22,23)21-9-7-18(8-10-21)24-17-5-3-2-4-6-17/h2-6,11-13,18,20H,7-10,19H2,1H3. The highest BCUT2D eigenvalue weighted by Gasteiger charge is 2.29. The van der Waals surface area contributed by atoms with Crippen molar-refractivity contribution in [3.8, 4) is 5.75 Å². The van der Waals surface area contributed by atoms with Gasteiger partial charge in [-0.1, -0.05) is 18.2 Å². The first-order valence-electron chi connectivity index (χ1n) is 8.29. The molecule has 2 aromatic rings. The van der Waals surface area contributed by atoms with Crippen LogP contribution in [0.2, 0.25) is 0 Å². The number of piperidine rings is 1. The SMILES string of the molecule is Cc1cc(N)cc(NS(=O)(=O)N2CCC(Oc3ccccc3)CC2)c1. The van der Waals surface area contributed by atoms with Crippen molar-refractivity contribution in [3.63, 3.8) is 0 Å². The molecule has 25 heavy (non-hydrogen) atoms. The Labute approximate surface area is 148 Å². The quantitative estimate of drug-likeness (QED) is 0.802. The average Bonchev–Trinajstić information content (AvgIpc) is 2.55. The Morgan fingerprint density at radius 3 is 2.44 bits per heavy atom. The van der Waals surface area contributed by atoms with Crippen LogP contribution in [0.5, 0.6) is 5.75 Å². The minimum absolute atomic E-state index is 0.0310. The van der Waals surface area contributed by atoms with Gasteiger partial charge in [0, 0.05) is 18.8 Å². The molecule has 0 amide bonds. The van der Waals surface area contributed by atoms with E-state index in [2.05, 4.69) is 4.72 Å². The van der Waals surface area contributed by atoms with E-state index in [1.165, 1.54) is 4.31 Å². The minimum atomic E-state index is -3.59. The molecule has 0 saturated carbocycles. The lowest BCUT2D eigenvalue weighted by atomic mass is 10.1. The summed E-state index contributed by atoms with van der Waals surface area (Å²) in [6, 6.07) is 14.8. The van der Waals surface area contributed by atoms with Crippen molar-refractivity contribution in [3.05, 3.63) is 54.1 Å². The Bertz CT molecular complexity index is 796. The van der Waals surface area contributed by atoms with Gasteiger partial charge in [-0.05, 0) is 55.7 Å². The van der Waals surface area contributed by atoms with Gasteiger partial charge in [0.1, 0.15) is 11.9 Å². The molecule has 0 aromatic heterocycles. The molecule has 0 atom stereocenters. The van der Waals surface area contributed by atoms with Crippen LogP contribution in [0.3, 0.4) is 0 Å². The molecule has 0 unspecified atom stereocenters. The number of para-hydroxylation sites is 1. The zero-order chi connectivity index (χ0) is 17.9. The normalized spacial score (nSPS) is 16.5. The highest BCUT2D eigenvalue weighted by Crippen LogP contribution is 2.22. The van der Waals surface area contributed by atoms with Crippen LogP contribution in [-0.4, -0.2) is 31.9 Å². The van der Waals surface area contributed by atoms with Crippen LogP contribution in [-0.2, 0) is 10.2 Å². The van der Waals surface area contributed by atoms with Crippen molar-refractivity contribution < 1.29 is 13.2 Å². The molecule has 0 bridgehead atoms. The van der Waals surface area contributed by atoms with Crippen molar-refractivity contribution in [2.45, 2.75) is 25.9 Å². The van der Waals surface area contributed by atoms with E-state index in [-0.39, 0.29) is 6.10 Å². The van der Waals surface area contributed by atoms with Gasteiger partial charge in [0.15, 0.2) is 0 Å². The maximum absolute atomic E-state index is 12.6. The number of hydrogen-bond acceptors (Lipinski definition) is 4. The molecule has 0 aliphatic carbocycles. The second-order valence-corrected chi connectivity index (χ2v) is 7.94. The maximum atomic E-state index is 12.6. The topological polar surface area (TPSA) is 84.7 Å². The van der Waals surface area contributed by atoms with Crippen molar-refractivity contribution in [1.82, 2.24) is 4.31 Å². The van der Waals surface area contributed by atoms with Crippen molar-refractivity contribution in [2.24, 2.45) is 0 Å². The molecule has 2 aromatic carbocycles. The highest BCUT2D eigenvalue weighted by atomic mass is 32.2. The van der Waals surface area contributed by atoms with Gasteiger partial charge >= 0.3 is 10.2 Å². The molecular weight excluding hydrogens is 338 g/mol. The predicted molar refractivity (Wildman–Crippen MR) is 99.8 cm³/mol. The number of benzene rings is 2. The van der Waals surface area contributed by atoms with Crippen molar-refractivity contribution in [1.29, 1.82) is 0 Å². The Morgan fingerprint density at radius 1 is 1.12 bits per heavy atom. The fraction of sp³-hybridized carbons (Fsp3) is 0.333. The van der Waals surface area contributed by atoms with E-state index in [9.17, 15) is 8.42 Å². The number of nitrogens with zero attached hydrogens (tertiary/aromatic N) is 1. The highest BCUT2D eigenvalue weighted by molar-refractivity contribution is 7.90. The molecule has 0 spiro atoms. The van der Waals surface area contributed by atoms with Crippen LogP contribution in [0.4, 0.5) is 11.4 Å². The molecule has 1 aliphatic rings. The molecule has 7 heteroatoms. The van der Waals surface area contributed by atoms with E-state index in [1.807, 2.05) is 37.3 Å². The lowest BCUT2D eigenvalue weighted by Crippen LogP contribution is -2.44. The summed E-state index contributed by atoms with van der Waals surface area (Å²) in [6.07, 6.45) is 1.35. The summed E-state index contributed by atoms with van der Waals surface area (Å²) in [5.41, 5.74) is 7.71. The largest absolute Gasteiger partial charge is 0.490 e. The number of rotatable bonds is 5. The fourth-order valence-corrected chi connectivity index (χ4v) is 4.20. The third-order valence-corrected chi connectivity index (χ3v) is 5.67. The molecule has 1 fully saturated rings. The minimum Gasteiger partial charge on any atom is -0.490 e. The van der Waals surface area contributed by atoms with Gasteiger partial charge in [0.25, 0.3) is 0 Å². The van der Waals surface area contributed by atoms with Gasteiger partial charge in [-0.2, -0.15) is 12.7 Å². The Balaban J connectivity index is 1.59. The number of ether oxygens (including phenoxy) is 1. The van der Waals surface area contributed by atoms with Gasteiger partial charge in [-0.3, -0.25) is 4.72 Å². The summed E-state index contributed by atoms with van der Waals surface area (Å²) in [5.74, 6) is 0.817. The van der Waals surface area contributed by atoms with Crippen LogP contribution in [0.1, 0.15) is 18.4 Å². The molecule has 134 valence electrons. The maximum Gasteiger partial charge on any atom is 0.301 e. The second kappa shape index (κ2) is 7.33. The summed E-state index contributed by atoms with van der Waals surface area (Å²) in [7, 11) is -3.59. The monoisotopic (exact) mass is 361 g/mol. The number of nitrogens with one attached hydrogen (secondary N) is 1. The lowest BCUT2D eigenvalue weighted by Gasteiger charge is -2.31. The summed E-state index contributed by atoms with van der Waals surface area (Å²) in [5, 5.41) is 0. The molecule has 1 heterocycles. The Morgan fingerprint density at radius 2 is 1.80 bits per heavy atom. The predicted octanol–water partition coefficient (Wildman–Crippen LogP) is 2.78. The molecule has 1 aliphatic heterocycles. The summed E-state index contributed by atoms with van der Waals surface area (Å²) >= 11 is 0. The molecule has 3 N–H and O–H groups in total. The second-order valence-electron chi connectivity index (χ2n) is 6.27. The summed E-state index contributed by atoms with van der Waals surface area (Å²) in [6.45, 7) is 2.73. The van der Waals surface area contributed by atoms with Gasteiger partial charge in [-0.15, -0.1) is 0 Å². The van der Waals surface area contributed by atoms with Crippen LogP contribution in [0, 0.1) is 6.92 Å². The molecule has 6 nitrogen and oxygen atoms in total. The summed E-state index contributed by atoms with van der Waals surface area (Å²) < 4.78 is 35.1. The van der Waals surface area contributed by atoms with E-state index in [0.29, 0.717) is 37.3 Å². The number of nitrogens with two attached hydrogens (primary N) is 1. The Hall–Kier alpha value is -2.25. The first-order chi connectivity index (χ1) is 11.9. The molecule has 1 saturated heterocycles. The average molecular weight is 361 g/mol. The Kier molecular flexibility index (Phi) is 5.15. The van der Waals surface area contributed by atoms with E-state index in [0.717, 1.165) is 11.3 Å². The number of aryl methyl sites for hydroxylation is 1. The van der Waals surface area contributed by atoms with Crippen LogP contribution >= 0.6 is 0 Å². The van der Waals surface area contributed by atoms with Crippen LogP contribution < -0.4 is 15.2 Å². The zero-order valence-electron chi connectivity index (χ0n) is 14.2. The number of anilines is 2. The van der Waals surface area contributed by atoms with E-state index >= 15 is 0 Å². The number of hydrogen-bond donors (Lipinski definition) is 2. The third kappa shape index (κ3) is 4.64. The first kappa shape index (κ1) is 17.6. The lowest BCUT2D eigenvalue weighted by molar-refractivity contribution is 0.135. The van der Waals surface area contributed by atoms with Gasteiger partial charge in [0.2, 0.25) is 0 Å². The fourth-order valence-electron chi connectivity index (χ4n) is 2.97. The van der Waals surface area contributed by atoms with Crippen molar-refractivity contribution >= 4 is 21.6 Å². The van der Waals surface area contributed by atoms with Crippen LogP contribution in [0.15, 0.2) is 48.5 Å². The van der Waals surface area contributed by atoms with Gasteiger partial charge < -0.3 is 10.5 Å². The van der Waals surface area contributed by atoms with Gasteiger partial charge in [0.05, 0.1) is 5.69 Å². The zero-order valence-corrected chi connectivity index (χ0v) is 15.0. The number of nitrogen functional groups attached to an aromatic ring is 1. The van der Waals surface area contributed by atoms with Crippen LogP contribution in [0.25, 0.3) is 0 Å². The van der Waals surface area contributed by atoms with E-state index in [1.54, 1.807) is 18.2 Å². The van der Waals surface area contributed by atoms with Crippen molar-refractivity contribution in [2.75, 3.05) is 23.5 Å². The third-order valence-electron chi connectivity index (χ3n) is 4.13. The molecule has 0 radical (unpaired) electrons. The van der Waals surface area contributed by atoms with Gasteiger partial charge in [-0.25, -0.2) is 0 Å². The smallest absolute Gasteiger partial charge is 0.301 e. The summed E-state index contributed by atoms with van der Waals surface area (Å²) in [4.78, 5) is 0. The molecular formula is C18H23N3O3S.